The van der Waals surface area contributed by atoms with E-state index in [1.54, 1.807) is 13.8 Å². The van der Waals surface area contributed by atoms with Crippen LogP contribution in [-0.4, -0.2) is 43.9 Å². The third kappa shape index (κ3) is 3.25. The van der Waals surface area contributed by atoms with Gasteiger partial charge in [0.25, 0.3) is 0 Å². The van der Waals surface area contributed by atoms with E-state index in [-0.39, 0.29) is 5.97 Å². The summed E-state index contributed by atoms with van der Waals surface area (Å²) >= 11 is 1.43. The van der Waals surface area contributed by atoms with Crippen LogP contribution in [0.15, 0.2) is 0 Å². The Morgan fingerprint density at radius 1 is 1.53 bits per heavy atom. The van der Waals surface area contributed by atoms with Gasteiger partial charge in [0.15, 0.2) is 10.7 Å². The van der Waals surface area contributed by atoms with E-state index in [2.05, 4.69) is 21.7 Å². The van der Waals surface area contributed by atoms with Gasteiger partial charge in [0.1, 0.15) is 5.00 Å². The summed E-state index contributed by atoms with van der Waals surface area (Å²) in [7, 11) is 0. The number of hydrogen-bond donors (Lipinski definition) is 0. The summed E-state index contributed by atoms with van der Waals surface area (Å²) in [6, 6.07) is 0. The lowest BCUT2D eigenvalue weighted by molar-refractivity contribution is 0.0520. The topological polar surface area (TPSA) is 51.7 Å². The van der Waals surface area contributed by atoms with Crippen molar-refractivity contribution < 1.29 is 14.3 Å². The zero-order valence-corrected chi connectivity index (χ0v) is 11.9. The largest absolute Gasteiger partial charge is 0.461 e. The van der Waals surface area contributed by atoms with E-state index in [1.165, 1.54) is 11.3 Å². The average molecular weight is 280 g/mol. The van der Waals surface area contributed by atoms with E-state index >= 15 is 0 Å². The Balaban J connectivity index is 2.31. The molecule has 1 aromatic heterocycles. The zero-order valence-electron chi connectivity index (χ0n) is 11.1. The van der Waals surface area contributed by atoms with Crippen molar-refractivity contribution in [2.24, 2.45) is 0 Å². The number of thiazole rings is 1. The first-order chi connectivity index (χ1) is 9.26. The molecule has 0 aliphatic carbocycles. The fourth-order valence-corrected chi connectivity index (χ4v) is 2.80. The number of hydrogen-bond acceptors (Lipinski definition) is 6. The van der Waals surface area contributed by atoms with Crippen LogP contribution in [0, 0.1) is 11.8 Å². The van der Waals surface area contributed by atoms with Crippen LogP contribution in [0.2, 0.25) is 0 Å². The lowest BCUT2D eigenvalue weighted by Crippen LogP contribution is -2.36. The molecule has 1 aliphatic heterocycles. The molecule has 0 amide bonds. The van der Waals surface area contributed by atoms with Gasteiger partial charge in [-0.25, -0.2) is 9.78 Å². The first kappa shape index (κ1) is 13.8. The number of rotatable bonds is 3. The van der Waals surface area contributed by atoms with Gasteiger partial charge < -0.3 is 14.4 Å². The minimum atomic E-state index is -0.385. The highest BCUT2D eigenvalue weighted by molar-refractivity contribution is 7.16. The molecule has 1 aliphatic rings. The van der Waals surface area contributed by atoms with Crippen LogP contribution in [0.1, 0.15) is 29.3 Å². The average Bonchev–Trinajstić information content (AvgIpc) is 2.85. The predicted molar refractivity (Wildman–Crippen MR) is 73.7 cm³/mol. The Bertz CT molecular complexity index is 510. The molecule has 1 fully saturated rings. The fraction of sp³-hybridized carbons (Fsp3) is 0.538. The molecular weight excluding hydrogens is 264 g/mol. The monoisotopic (exact) mass is 280 g/mol. The minimum Gasteiger partial charge on any atom is -0.461 e. The van der Waals surface area contributed by atoms with Gasteiger partial charge in [0, 0.05) is 13.1 Å². The summed E-state index contributed by atoms with van der Waals surface area (Å²) in [6.45, 7) is 6.71. The molecule has 0 unspecified atom stereocenters. The van der Waals surface area contributed by atoms with E-state index < -0.39 is 0 Å². The van der Waals surface area contributed by atoms with Crippen molar-refractivity contribution in [2.45, 2.75) is 13.8 Å². The second kappa shape index (κ2) is 6.55. The summed E-state index contributed by atoms with van der Waals surface area (Å²) in [4.78, 5) is 18.3. The quantitative estimate of drug-likeness (QED) is 0.621. The molecule has 0 aromatic carbocycles. The molecule has 2 heterocycles. The van der Waals surface area contributed by atoms with Crippen LogP contribution in [0.5, 0.6) is 0 Å². The molecule has 5 nitrogen and oxygen atoms in total. The van der Waals surface area contributed by atoms with Gasteiger partial charge in [-0.2, -0.15) is 0 Å². The summed E-state index contributed by atoms with van der Waals surface area (Å²) < 4.78 is 10.4. The molecule has 6 heteroatoms. The Morgan fingerprint density at radius 3 is 2.89 bits per heavy atom. The van der Waals surface area contributed by atoms with Gasteiger partial charge in [-0.05, 0) is 19.8 Å². The third-order valence-electron chi connectivity index (χ3n) is 2.61. The predicted octanol–water partition coefficient (Wildman–Crippen LogP) is 1.53. The number of ether oxygens (including phenoxy) is 2. The van der Waals surface area contributed by atoms with Gasteiger partial charge >= 0.3 is 5.97 Å². The number of nitrogens with zero attached hydrogens (tertiary/aromatic N) is 2. The molecule has 1 saturated heterocycles. The molecular formula is C13H16N2O3S. The number of carbonyl (C=O) groups excluding carboxylic acids is 1. The molecule has 0 spiro atoms. The number of morpholine rings is 1. The molecule has 19 heavy (non-hydrogen) atoms. The lowest BCUT2D eigenvalue weighted by Gasteiger charge is -2.27. The molecule has 102 valence electrons. The summed E-state index contributed by atoms with van der Waals surface area (Å²) in [6.07, 6.45) is 0. The van der Waals surface area contributed by atoms with Crippen LogP contribution >= 0.6 is 11.3 Å². The highest BCUT2D eigenvalue weighted by Crippen LogP contribution is 2.29. The molecule has 0 atom stereocenters. The maximum Gasteiger partial charge on any atom is 0.360 e. The van der Waals surface area contributed by atoms with Crippen molar-refractivity contribution in [3.8, 4) is 11.8 Å². The van der Waals surface area contributed by atoms with E-state index in [0.29, 0.717) is 30.5 Å². The van der Waals surface area contributed by atoms with Crippen LogP contribution in [0.4, 0.5) is 5.00 Å². The Morgan fingerprint density at radius 2 is 2.26 bits per heavy atom. The van der Waals surface area contributed by atoms with Crippen molar-refractivity contribution >= 4 is 22.3 Å². The number of esters is 1. The van der Waals surface area contributed by atoms with E-state index in [4.69, 9.17) is 9.47 Å². The Hall–Kier alpha value is -1.58. The minimum absolute atomic E-state index is 0.341. The van der Waals surface area contributed by atoms with E-state index in [9.17, 15) is 4.79 Å². The summed E-state index contributed by atoms with van der Waals surface area (Å²) in [5.74, 6) is 5.31. The van der Waals surface area contributed by atoms with Gasteiger partial charge in [-0.1, -0.05) is 17.3 Å². The van der Waals surface area contributed by atoms with E-state index in [0.717, 1.165) is 18.1 Å². The molecule has 2 rings (SSSR count). The van der Waals surface area contributed by atoms with Gasteiger partial charge in [-0.3, -0.25) is 0 Å². The van der Waals surface area contributed by atoms with Crippen molar-refractivity contribution in [1.29, 1.82) is 0 Å². The van der Waals surface area contributed by atoms with Crippen molar-refractivity contribution in [3.63, 3.8) is 0 Å². The van der Waals surface area contributed by atoms with Crippen LogP contribution in [-0.2, 0) is 9.47 Å². The molecule has 0 N–H and O–H groups in total. The standard InChI is InChI=1S/C13H16N2O3S/c1-3-5-10-14-11(13(16)18-4-2)12(19-10)15-6-8-17-9-7-15/h4,6-9H2,1-2H3. The first-order valence-electron chi connectivity index (χ1n) is 6.19. The third-order valence-corrected chi connectivity index (χ3v) is 3.64. The van der Waals surface area contributed by atoms with Gasteiger partial charge in [-0.15, -0.1) is 0 Å². The second-order valence-corrected chi connectivity index (χ2v) is 4.85. The molecule has 0 saturated carbocycles. The Kier molecular flexibility index (Phi) is 4.77. The maximum atomic E-state index is 11.9. The fourth-order valence-electron chi connectivity index (χ4n) is 1.79. The molecule has 0 radical (unpaired) electrons. The van der Waals surface area contributed by atoms with Crippen molar-refractivity contribution in [1.82, 2.24) is 4.98 Å². The van der Waals surface area contributed by atoms with Crippen LogP contribution in [0.25, 0.3) is 0 Å². The number of anilines is 1. The lowest BCUT2D eigenvalue weighted by atomic mass is 10.3. The van der Waals surface area contributed by atoms with Gasteiger partial charge in [0.2, 0.25) is 0 Å². The smallest absolute Gasteiger partial charge is 0.360 e. The first-order valence-corrected chi connectivity index (χ1v) is 7.01. The van der Waals surface area contributed by atoms with Crippen molar-refractivity contribution in [2.75, 3.05) is 37.8 Å². The molecule has 1 aromatic rings. The maximum absolute atomic E-state index is 11.9. The highest BCUT2D eigenvalue weighted by atomic mass is 32.1. The van der Waals surface area contributed by atoms with Crippen molar-refractivity contribution in [3.05, 3.63) is 10.7 Å². The van der Waals surface area contributed by atoms with Crippen LogP contribution < -0.4 is 4.90 Å². The Labute approximate surface area is 116 Å². The normalized spacial score (nSPS) is 14.7. The van der Waals surface area contributed by atoms with Crippen LogP contribution in [0.3, 0.4) is 0 Å². The molecule has 0 bridgehead atoms. The van der Waals surface area contributed by atoms with E-state index in [1.807, 2.05) is 0 Å². The second-order valence-electron chi connectivity index (χ2n) is 3.87. The number of aromatic nitrogens is 1. The summed E-state index contributed by atoms with van der Waals surface area (Å²) in [5, 5.41) is 1.48. The summed E-state index contributed by atoms with van der Waals surface area (Å²) in [5.41, 5.74) is 0.367. The SMILES string of the molecule is CC#Cc1nc(C(=O)OCC)c(N2CCOCC2)s1. The highest BCUT2D eigenvalue weighted by Gasteiger charge is 2.24. The zero-order chi connectivity index (χ0) is 13.7. The van der Waals surface area contributed by atoms with Gasteiger partial charge in [0.05, 0.1) is 19.8 Å². The number of carbonyl (C=O) groups is 1.